The highest BCUT2D eigenvalue weighted by Crippen LogP contribution is 2.48. The summed E-state index contributed by atoms with van der Waals surface area (Å²) in [6, 6.07) is 26.3. The van der Waals surface area contributed by atoms with Crippen LogP contribution in [-0.2, 0) is 14.8 Å². The monoisotopic (exact) mass is 464 g/mol. The first-order valence-electron chi connectivity index (χ1n) is 11.6. The molecule has 4 rings (SSSR count). The van der Waals surface area contributed by atoms with Crippen LogP contribution in [0.4, 0.5) is 0 Å². The van der Waals surface area contributed by atoms with E-state index in [0.29, 0.717) is 17.9 Å². The molecule has 0 radical (unpaired) electrons. The number of aryl methyl sites for hydroxylation is 1. The van der Waals surface area contributed by atoms with Crippen molar-refractivity contribution < 1.29 is 13.2 Å². The molecule has 0 unspecified atom stereocenters. The summed E-state index contributed by atoms with van der Waals surface area (Å²) in [7, 11) is -3.80. The lowest BCUT2D eigenvalue weighted by molar-refractivity contribution is 0.0136. The highest BCUT2D eigenvalue weighted by atomic mass is 32.2. The normalized spacial score (nSPS) is 21.3. The third-order valence-electron chi connectivity index (χ3n) is 6.17. The summed E-state index contributed by atoms with van der Waals surface area (Å²) in [5.74, 6) is 0. The fraction of sp³-hybridized carbons (Fsp3) is 0.333. The maximum absolute atomic E-state index is 14.0. The van der Waals surface area contributed by atoms with Gasteiger partial charge >= 0.3 is 0 Å². The molecule has 1 aliphatic heterocycles. The van der Waals surface area contributed by atoms with Gasteiger partial charge in [0, 0.05) is 0 Å². The lowest BCUT2D eigenvalue weighted by atomic mass is 9.96. The summed E-state index contributed by atoms with van der Waals surface area (Å²) in [6.07, 6.45) is 2.39. The van der Waals surface area contributed by atoms with E-state index in [2.05, 4.69) is 0 Å². The Bertz CT molecular complexity index is 1120. The Hall–Kier alpha value is -2.51. The minimum absolute atomic E-state index is 0.290. The van der Waals surface area contributed by atoms with Crippen LogP contribution in [-0.4, -0.2) is 25.5 Å². The number of hydrogen-bond acceptors (Lipinski definition) is 4. The van der Waals surface area contributed by atoms with E-state index in [1.807, 2.05) is 79.7 Å². The van der Waals surface area contributed by atoms with E-state index in [0.717, 1.165) is 36.0 Å². The predicted octanol–water partition coefficient (Wildman–Crippen LogP) is 5.34. The van der Waals surface area contributed by atoms with Gasteiger partial charge in [0.25, 0.3) is 0 Å². The van der Waals surface area contributed by atoms with Crippen molar-refractivity contribution in [3.8, 4) is 0 Å². The molecule has 1 fully saturated rings. The molecule has 3 atom stereocenters. The molecule has 3 aromatic rings. The fourth-order valence-electron chi connectivity index (χ4n) is 4.46. The number of nitrogens with zero attached hydrogens (tertiary/aromatic N) is 1. The second-order valence-corrected chi connectivity index (χ2v) is 10.4. The fourth-order valence-corrected chi connectivity index (χ4v) is 6.18. The van der Waals surface area contributed by atoms with Gasteiger partial charge in [0.2, 0.25) is 10.0 Å². The van der Waals surface area contributed by atoms with Crippen LogP contribution in [0.1, 0.15) is 54.5 Å². The van der Waals surface area contributed by atoms with Crippen LogP contribution in [0.15, 0.2) is 89.8 Å². The predicted molar refractivity (Wildman–Crippen MR) is 131 cm³/mol. The SMILES string of the molecule is Cc1ccc(S(=O)(=O)N2[C@H](CCCCCN)O[C@H](c3ccccc3)[C@@H]2c2ccccc2)cc1. The van der Waals surface area contributed by atoms with Gasteiger partial charge in [0.15, 0.2) is 0 Å². The van der Waals surface area contributed by atoms with Crippen LogP contribution in [0, 0.1) is 6.92 Å². The quantitative estimate of drug-likeness (QED) is 0.434. The zero-order valence-corrected chi connectivity index (χ0v) is 19.8. The van der Waals surface area contributed by atoms with Gasteiger partial charge in [-0.05, 0) is 56.0 Å². The molecule has 0 bridgehead atoms. The maximum atomic E-state index is 14.0. The Morgan fingerprint density at radius 2 is 1.42 bits per heavy atom. The number of hydrogen-bond donors (Lipinski definition) is 1. The molecular formula is C27H32N2O3S. The van der Waals surface area contributed by atoms with E-state index in [-0.39, 0.29) is 0 Å². The van der Waals surface area contributed by atoms with Crippen LogP contribution in [0.5, 0.6) is 0 Å². The van der Waals surface area contributed by atoms with Gasteiger partial charge < -0.3 is 10.5 Å². The van der Waals surface area contributed by atoms with Crippen molar-refractivity contribution in [2.75, 3.05) is 6.54 Å². The molecule has 33 heavy (non-hydrogen) atoms. The molecular weight excluding hydrogens is 432 g/mol. The molecule has 6 heteroatoms. The van der Waals surface area contributed by atoms with Crippen molar-refractivity contribution in [2.45, 2.75) is 55.9 Å². The molecule has 0 amide bonds. The Morgan fingerprint density at radius 1 is 0.818 bits per heavy atom. The molecule has 0 saturated carbocycles. The maximum Gasteiger partial charge on any atom is 0.245 e. The van der Waals surface area contributed by atoms with E-state index < -0.39 is 28.4 Å². The first kappa shape index (κ1) is 23.6. The van der Waals surface area contributed by atoms with Crippen LogP contribution < -0.4 is 5.73 Å². The molecule has 0 aromatic heterocycles. The van der Waals surface area contributed by atoms with E-state index in [9.17, 15) is 8.42 Å². The van der Waals surface area contributed by atoms with Gasteiger partial charge in [0.05, 0.1) is 10.9 Å². The average Bonchev–Trinajstić information content (AvgIpc) is 3.24. The van der Waals surface area contributed by atoms with E-state index in [4.69, 9.17) is 10.5 Å². The summed E-state index contributed by atoms with van der Waals surface area (Å²) in [6.45, 7) is 2.59. The van der Waals surface area contributed by atoms with Crippen LogP contribution in [0.3, 0.4) is 0 Å². The van der Waals surface area contributed by atoms with Gasteiger partial charge in [-0.25, -0.2) is 8.42 Å². The number of unbranched alkanes of at least 4 members (excludes halogenated alkanes) is 2. The number of sulfonamides is 1. The molecule has 1 saturated heterocycles. The van der Waals surface area contributed by atoms with Crippen molar-refractivity contribution in [3.05, 3.63) is 102 Å². The average molecular weight is 465 g/mol. The number of ether oxygens (including phenoxy) is 1. The molecule has 1 aliphatic rings. The molecule has 174 valence electrons. The summed E-state index contributed by atoms with van der Waals surface area (Å²) >= 11 is 0. The second kappa shape index (κ2) is 10.6. The lowest BCUT2D eigenvalue weighted by Crippen LogP contribution is -2.38. The lowest BCUT2D eigenvalue weighted by Gasteiger charge is -2.29. The largest absolute Gasteiger partial charge is 0.352 e. The molecule has 2 N–H and O–H groups in total. The Balaban J connectivity index is 1.79. The van der Waals surface area contributed by atoms with Gasteiger partial charge in [-0.1, -0.05) is 84.8 Å². The van der Waals surface area contributed by atoms with Gasteiger partial charge in [-0.3, -0.25) is 0 Å². The van der Waals surface area contributed by atoms with Crippen LogP contribution >= 0.6 is 0 Å². The van der Waals surface area contributed by atoms with Gasteiger partial charge in [0.1, 0.15) is 12.3 Å². The zero-order valence-electron chi connectivity index (χ0n) is 19.0. The Morgan fingerprint density at radius 3 is 2.03 bits per heavy atom. The van der Waals surface area contributed by atoms with Crippen molar-refractivity contribution in [1.82, 2.24) is 4.31 Å². The van der Waals surface area contributed by atoms with Crippen LogP contribution in [0.25, 0.3) is 0 Å². The third-order valence-corrected chi connectivity index (χ3v) is 8.05. The van der Waals surface area contributed by atoms with Crippen molar-refractivity contribution in [3.63, 3.8) is 0 Å². The first-order valence-corrected chi connectivity index (χ1v) is 13.0. The molecule has 0 spiro atoms. The van der Waals surface area contributed by atoms with Crippen molar-refractivity contribution >= 4 is 10.0 Å². The third kappa shape index (κ3) is 5.20. The van der Waals surface area contributed by atoms with Crippen molar-refractivity contribution in [2.24, 2.45) is 5.73 Å². The van der Waals surface area contributed by atoms with Gasteiger partial charge in [-0.2, -0.15) is 4.31 Å². The summed E-state index contributed by atoms with van der Waals surface area (Å²) in [5.41, 5.74) is 8.58. The summed E-state index contributed by atoms with van der Waals surface area (Å²) in [4.78, 5) is 0.290. The highest BCUT2D eigenvalue weighted by Gasteiger charge is 2.49. The molecule has 1 heterocycles. The van der Waals surface area contributed by atoms with E-state index in [1.165, 1.54) is 0 Å². The second-order valence-electron chi connectivity index (χ2n) is 8.56. The minimum Gasteiger partial charge on any atom is -0.352 e. The molecule has 0 aliphatic carbocycles. The molecule has 5 nitrogen and oxygen atoms in total. The van der Waals surface area contributed by atoms with Crippen molar-refractivity contribution in [1.29, 1.82) is 0 Å². The van der Waals surface area contributed by atoms with Crippen LogP contribution in [0.2, 0.25) is 0 Å². The smallest absolute Gasteiger partial charge is 0.245 e. The first-order chi connectivity index (χ1) is 16.0. The molecule has 3 aromatic carbocycles. The topological polar surface area (TPSA) is 72.6 Å². The summed E-state index contributed by atoms with van der Waals surface area (Å²) < 4.78 is 36.2. The van der Waals surface area contributed by atoms with E-state index in [1.54, 1.807) is 16.4 Å². The number of benzene rings is 3. The Kier molecular flexibility index (Phi) is 7.60. The number of rotatable bonds is 9. The van der Waals surface area contributed by atoms with E-state index >= 15 is 0 Å². The van der Waals surface area contributed by atoms with Gasteiger partial charge in [-0.15, -0.1) is 0 Å². The Labute approximate surface area is 197 Å². The number of nitrogens with two attached hydrogens (primary N) is 1. The zero-order chi connectivity index (χ0) is 23.3. The summed E-state index contributed by atoms with van der Waals surface area (Å²) in [5, 5.41) is 0. The highest BCUT2D eigenvalue weighted by molar-refractivity contribution is 7.89. The standard InChI is InChI=1S/C27H32N2O3S/c1-21-16-18-24(19-17-21)33(30,31)29-25(15-9-4-10-20-28)32-27(23-13-7-3-8-14-23)26(29)22-11-5-2-6-12-22/h2-3,5-8,11-14,16-19,25-27H,4,9-10,15,20,28H2,1H3/t25-,26-,27+/m0/s1. The minimum atomic E-state index is -3.80.